The summed E-state index contributed by atoms with van der Waals surface area (Å²) in [5, 5.41) is 7.40. The Morgan fingerprint density at radius 1 is 1.03 bits per heavy atom. The average molecular weight is 400 g/mol. The Labute approximate surface area is 170 Å². The number of rotatable bonds is 7. The molecule has 0 saturated carbocycles. The number of benzene rings is 2. The van der Waals surface area contributed by atoms with Crippen LogP contribution < -0.4 is 10.6 Å². The second-order valence-corrected chi connectivity index (χ2v) is 7.72. The number of ether oxygens (including phenoxy) is 2. The smallest absolute Gasteiger partial charge is 0.407 e. The van der Waals surface area contributed by atoms with Crippen LogP contribution in [-0.4, -0.2) is 36.2 Å². The van der Waals surface area contributed by atoms with Gasteiger partial charge in [-0.3, -0.25) is 9.59 Å². The Kier molecular flexibility index (Phi) is 7.59. The zero-order valence-electron chi connectivity index (χ0n) is 17.3. The summed E-state index contributed by atoms with van der Waals surface area (Å²) in [6, 6.07) is 13.4. The molecule has 0 aliphatic rings. The number of alkyl carbamates (subject to hydrolysis) is 1. The number of carbonyl (C=O) groups is 3. The molecule has 0 bridgehead atoms. The van der Waals surface area contributed by atoms with Gasteiger partial charge in [0.1, 0.15) is 5.60 Å². The van der Waals surface area contributed by atoms with Crippen LogP contribution in [0.5, 0.6) is 0 Å². The summed E-state index contributed by atoms with van der Waals surface area (Å²) in [6.07, 6.45) is -0.984. The molecular weight excluding hydrogens is 372 g/mol. The zero-order valence-corrected chi connectivity index (χ0v) is 17.3. The van der Waals surface area contributed by atoms with E-state index in [-0.39, 0.29) is 13.0 Å². The highest BCUT2D eigenvalue weighted by Crippen LogP contribution is 2.19. The van der Waals surface area contributed by atoms with Crippen molar-refractivity contribution in [3.8, 4) is 0 Å². The molecule has 2 N–H and O–H groups in total. The monoisotopic (exact) mass is 400 g/mol. The molecule has 0 heterocycles. The number of hydrogen-bond donors (Lipinski definition) is 2. The van der Waals surface area contributed by atoms with E-state index in [0.29, 0.717) is 12.1 Å². The minimum Gasteiger partial charge on any atom is -0.453 e. The summed E-state index contributed by atoms with van der Waals surface area (Å²) >= 11 is 0. The molecule has 0 spiro atoms. The van der Waals surface area contributed by atoms with Crippen LogP contribution in [0.25, 0.3) is 10.8 Å². The molecule has 2 rings (SSSR count). The minimum absolute atomic E-state index is 0.0867. The largest absolute Gasteiger partial charge is 0.453 e. The molecule has 2 aromatic rings. The second-order valence-electron chi connectivity index (χ2n) is 7.72. The van der Waals surface area contributed by atoms with Crippen LogP contribution >= 0.6 is 0 Å². The molecule has 2 aromatic carbocycles. The van der Waals surface area contributed by atoms with Gasteiger partial charge in [0.15, 0.2) is 6.10 Å². The molecule has 1 atom stereocenters. The summed E-state index contributed by atoms with van der Waals surface area (Å²) in [7, 11) is 0. The molecule has 2 amide bonds. The predicted molar refractivity (Wildman–Crippen MR) is 112 cm³/mol. The van der Waals surface area contributed by atoms with Gasteiger partial charge in [0.25, 0.3) is 5.91 Å². The van der Waals surface area contributed by atoms with Crippen LogP contribution in [0.4, 0.5) is 10.5 Å². The number of anilines is 1. The number of amides is 2. The lowest BCUT2D eigenvalue weighted by Crippen LogP contribution is -2.33. The van der Waals surface area contributed by atoms with Gasteiger partial charge in [-0.15, -0.1) is 0 Å². The number of nitrogens with one attached hydrogen (secondary N) is 2. The van der Waals surface area contributed by atoms with E-state index in [2.05, 4.69) is 10.6 Å². The summed E-state index contributed by atoms with van der Waals surface area (Å²) in [4.78, 5) is 35.7. The fraction of sp³-hybridized carbons (Fsp3) is 0.409. The highest BCUT2D eigenvalue weighted by Gasteiger charge is 2.18. The van der Waals surface area contributed by atoms with E-state index in [0.717, 1.165) is 10.8 Å². The topological polar surface area (TPSA) is 93.7 Å². The fourth-order valence-corrected chi connectivity index (χ4v) is 2.56. The van der Waals surface area contributed by atoms with E-state index in [1.165, 1.54) is 6.92 Å². The molecule has 0 saturated heterocycles. The van der Waals surface area contributed by atoms with E-state index in [1.807, 2.05) is 36.4 Å². The van der Waals surface area contributed by atoms with Crippen molar-refractivity contribution in [2.75, 3.05) is 11.9 Å². The van der Waals surface area contributed by atoms with Crippen LogP contribution in [-0.2, 0) is 19.1 Å². The summed E-state index contributed by atoms with van der Waals surface area (Å²) in [6.45, 7) is 7.12. The lowest BCUT2D eigenvalue weighted by atomic mass is 10.1. The van der Waals surface area contributed by atoms with E-state index in [4.69, 9.17) is 9.47 Å². The van der Waals surface area contributed by atoms with E-state index in [1.54, 1.807) is 26.8 Å². The number of esters is 1. The molecule has 7 heteroatoms. The van der Waals surface area contributed by atoms with Crippen molar-refractivity contribution in [2.45, 2.75) is 52.2 Å². The molecule has 0 radical (unpaired) electrons. The van der Waals surface area contributed by atoms with Gasteiger partial charge in [0.05, 0.1) is 0 Å². The molecule has 0 unspecified atom stereocenters. The highest BCUT2D eigenvalue weighted by atomic mass is 16.6. The molecule has 0 aliphatic heterocycles. The maximum absolute atomic E-state index is 12.3. The maximum atomic E-state index is 12.3. The quantitative estimate of drug-likeness (QED) is 0.541. The van der Waals surface area contributed by atoms with Crippen molar-refractivity contribution >= 4 is 34.4 Å². The normalized spacial score (nSPS) is 12.1. The van der Waals surface area contributed by atoms with Crippen molar-refractivity contribution in [2.24, 2.45) is 0 Å². The Morgan fingerprint density at radius 3 is 2.41 bits per heavy atom. The average Bonchev–Trinajstić information content (AvgIpc) is 2.63. The van der Waals surface area contributed by atoms with Crippen LogP contribution in [0, 0.1) is 0 Å². The molecular formula is C22H28N2O5. The first-order valence-corrected chi connectivity index (χ1v) is 9.60. The highest BCUT2D eigenvalue weighted by molar-refractivity contribution is 5.97. The van der Waals surface area contributed by atoms with Crippen molar-refractivity contribution in [3.05, 3.63) is 42.5 Å². The molecule has 7 nitrogen and oxygen atoms in total. The van der Waals surface area contributed by atoms with Crippen LogP contribution in [0.1, 0.15) is 40.5 Å². The van der Waals surface area contributed by atoms with E-state index in [9.17, 15) is 14.4 Å². The van der Waals surface area contributed by atoms with Gasteiger partial charge >= 0.3 is 12.1 Å². The first-order chi connectivity index (χ1) is 13.6. The second kappa shape index (κ2) is 9.91. The maximum Gasteiger partial charge on any atom is 0.407 e. The lowest BCUT2D eigenvalue weighted by molar-refractivity contribution is -0.153. The van der Waals surface area contributed by atoms with Crippen molar-refractivity contribution in [3.63, 3.8) is 0 Å². The van der Waals surface area contributed by atoms with Gasteiger partial charge in [0, 0.05) is 18.7 Å². The first kappa shape index (κ1) is 22.2. The molecule has 156 valence electrons. The fourth-order valence-electron chi connectivity index (χ4n) is 2.56. The Balaban J connectivity index is 1.72. The van der Waals surface area contributed by atoms with E-state index >= 15 is 0 Å². The Hall–Kier alpha value is -3.09. The van der Waals surface area contributed by atoms with Crippen molar-refractivity contribution in [1.82, 2.24) is 5.32 Å². The van der Waals surface area contributed by atoms with Gasteiger partial charge in [-0.25, -0.2) is 4.79 Å². The Morgan fingerprint density at radius 2 is 1.72 bits per heavy atom. The number of hydrogen-bond acceptors (Lipinski definition) is 5. The minimum atomic E-state index is -0.923. The molecule has 29 heavy (non-hydrogen) atoms. The van der Waals surface area contributed by atoms with Gasteiger partial charge in [-0.05, 0) is 57.0 Å². The number of carbonyl (C=O) groups excluding carboxylic acids is 3. The third kappa shape index (κ3) is 7.81. The van der Waals surface area contributed by atoms with Crippen LogP contribution in [0.3, 0.4) is 0 Å². The standard InChI is InChI=1S/C22H28N2O5/c1-15(28-19(25)10-7-13-23-21(27)29-22(2,3)4)20(26)24-18-12-11-16-8-5-6-9-17(16)14-18/h5-6,8-9,11-12,14-15H,7,10,13H2,1-4H3,(H,23,27)(H,24,26)/t15-/m1/s1. The third-order valence-corrected chi connectivity index (χ3v) is 3.92. The van der Waals surface area contributed by atoms with Crippen LogP contribution in [0.2, 0.25) is 0 Å². The molecule has 0 fully saturated rings. The molecule has 0 aliphatic carbocycles. The SMILES string of the molecule is C[C@@H](OC(=O)CCCNC(=O)OC(C)(C)C)C(=O)Nc1ccc2ccccc2c1. The summed E-state index contributed by atoms with van der Waals surface area (Å²) < 4.78 is 10.3. The molecule has 0 aromatic heterocycles. The summed E-state index contributed by atoms with van der Waals surface area (Å²) in [5.41, 5.74) is 0.0646. The predicted octanol–water partition coefficient (Wildman–Crippen LogP) is 4.01. The van der Waals surface area contributed by atoms with E-state index < -0.39 is 29.7 Å². The van der Waals surface area contributed by atoms with Crippen molar-refractivity contribution in [1.29, 1.82) is 0 Å². The van der Waals surface area contributed by atoms with Gasteiger partial charge in [-0.1, -0.05) is 30.3 Å². The zero-order chi connectivity index (χ0) is 21.4. The van der Waals surface area contributed by atoms with Crippen LogP contribution in [0.15, 0.2) is 42.5 Å². The lowest BCUT2D eigenvalue weighted by Gasteiger charge is -2.19. The Bertz CT molecular complexity index is 873. The number of fused-ring (bicyclic) bond motifs is 1. The first-order valence-electron chi connectivity index (χ1n) is 9.60. The van der Waals surface area contributed by atoms with Gasteiger partial charge in [0.2, 0.25) is 0 Å². The van der Waals surface area contributed by atoms with Crippen molar-refractivity contribution < 1.29 is 23.9 Å². The van der Waals surface area contributed by atoms with Gasteiger partial charge in [-0.2, -0.15) is 0 Å². The summed E-state index contributed by atoms with van der Waals surface area (Å²) in [5.74, 6) is -0.905. The van der Waals surface area contributed by atoms with Gasteiger partial charge < -0.3 is 20.1 Å². The third-order valence-electron chi connectivity index (χ3n) is 3.92.